The molecule has 0 radical (unpaired) electrons. The second-order valence-electron chi connectivity index (χ2n) is 8.33. The minimum Gasteiger partial charge on any atom is -0.369 e. The molecule has 2 amide bonds. The minimum absolute atomic E-state index is 0.0557. The van der Waals surface area contributed by atoms with Crippen LogP contribution in [0, 0.1) is 0 Å². The number of amides is 2. The summed E-state index contributed by atoms with van der Waals surface area (Å²) >= 11 is 0. The molecule has 1 aromatic carbocycles. The lowest BCUT2D eigenvalue weighted by Gasteiger charge is -2.31. The van der Waals surface area contributed by atoms with E-state index in [1.54, 1.807) is 6.20 Å². The molecule has 1 fully saturated rings. The third kappa shape index (κ3) is 4.59. The number of likely N-dealkylation sites (tertiary alicyclic amines) is 1. The fourth-order valence-electron chi connectivity index (χ4n) is 4.06. The molecule has 2 aromatic heterocycles. The maximum atomic E-state index is 13.3. The largest absolute Gasteiger partial charge is 0.369 e. The standard InChI is InChI=1S/C23H28N6O2/c1-15(2)29-22-19(13-25-29)18(12-20(27-22)16-6-4-3-5-7-16)23(31)26-17-8-10-28(11-9-17)14-21(24)30/h3-7,12-13,15,17H,8-11,14H2,1-2H3,(H2,24,30)(H,26,31). The normalized spacial score (nSPS) is 15.5. The molecule has 4 rings (SSSR count). The van der Waals surface area contributed by atoms with Crippen molar-refractivity contribution in [1.29, 1.82) is 0 Å². The molecule has 1 aliphatic heterocycles. The van der Waals surface area contributed by atoms with Gasteiger partial charge in [0, 0.05) is 30.7 Å². The van der Waals surface area contributed by atoms with Gasteiger partial charge in [-0.15, -0.1) is 0 Å². The fraction of sp³-hybridized carbons (Fsp3) is 0.391. The Bertz CT molecular complexity index is 1080. The van der Waals surface area contributed by atoms with E-state index in [4.69, 9.17) is 10.7 Å². The molecule has 1 aliphatic rings. The van der Waals surface area contributed by atoms with Gasteiger partial charge in [0.05, 0.1) is 29.4 Å². The Balaban J connectivity index is 1.62. The molecule has 0 spiro atoms. The Morgan fingerprint density at radius 3 is 2.55 bits per heavy atom. The Labute approximate surface area is 181 Å². The minimum atomic E-state index is -0.322. The summed E-state index contributed by atoms with van der Waals surface area (Å²) in [5, 5.41) is 8.40. The molecule has 0 aliphatic carbocycles. The van der Waals surface area contributed by atoms with E-state index in [-0.39, 0.29) is 30.4 Å². The summed E-state index contributed by atoms with van der Waals surface area (Å²) in [5.41, 5.74) is 8.27. The van der Waals surface area contributed by atoms with Crippen molar-refractivity contribution in [3.8, 4) is 11.3 Å². The number of nitrogens with zero attached hydrogens (tertiary/aromatic N) is 4. The van der Waals surface area contributed by atoms with E-state index in [1.165, 1.54) is 0 Å². The van der Waals surface area contributed by atoms with Crippen LogP contribution in [0.5, 0.6) is 0 Å². The number of primary amides is 1. The van der Waals surface area contributed by atoms with Crippen LogP contribution in [0.2, 0.25) is 0 Å². The highest BCUT2D eigenvalue weighted by Gasteiger charge is 2.24. The molecule has 8 nitrogen and oxygen atoms in total. The molecule has 3 N–H and O–H groups in total. The topological polar surface area (TPSA) is 106 Å². The van der Waals surface area contributed by atoms with Gasteiger partial charge in [-0.05, 0) is 32.8 Å². The van der Waals surface area contributed by atoms with Gasteiger partial charge in [0.25, 0.3) is 5.91 Å². The lowest BCUT2D eigenvalue weighted by atomic mass is 10.0. The maximum Gasteiger partial charge on any atom is 0.252 e. The van der Waals surface area contributed by atoms with Gasteiger partial charge in [0.1, 0.15) is 0 Å². The Kier molecular flexibility index (Phi) is 5.99. The van der Waals surface area contributed by atoms with Crippen LogP contribution in [0.3, 0.4) is 0 Å². The predicted octanol–water partition coefficient (Wildman–Crippen LogP) is 2.36. The molecule has 0 atom stereocenters. The molecular weight excluding hydrogens is 392 g/mol. The summed E-state index contributed by atoms with van der Waals surface area (Å²) in [6.07, 6.45) is 3.29. The summed E-state index contributed by atoms with van der Waals surface area (Å²) in [4.78, 5) is 31.3. The van der Waals surface area contributed by atoms with E-state index in [1.807, 2.05) is 59.8 Å². The van der Waals surface area contributed by atoms with E-state index < -0.39 is 0 Å². The summed E-state index contributed by atoms with van der Waals surface area (Å²) in [7, 11) is 0. The van der Waals surface area contributed by atoms with Gasteiger partial charge in [-0.25, -0.2) is 9.67 Å². The van der Waals surface area contributed by atoms with Crippen molar-refractivity contribution in [2.75, 3.05) is 19.6 Å². The lowest BCUT2D eigenvalue weighted by molar-refractivity contribution is -0.119. The molecule has 0 bridgehead atoms. The number of rotatable bonds is 6. The number of carbonyl (C=O) groups is 2. The first-order chi connectivity index (χ1) is 14.9. The van der Waals surface area contributed by atoms with Crippen LogP contribution in [-0.2, 0) is 4.79 Å². The van der Waals surface area contributed by atoms with Crippen molar-refractivity contribution >= 4 is 22.8 Å². The van der Waals surface area contributed by atoms with Crippen LogP contribution in [0.15, 0.2) is 42.6 Å². The van der Waals surface area contributed by atoms with E-state index >= 15 is 0 Å². The summed E-state index contributed by atoms with van der Waals surface area (Å²) in [5.74, 6) is -0.446. The first kappa shape index (κ1) is 21.0. The Morgan fingerprint density at radius 1 is 1.19 bits per heavy atom. The Morgan fingerprint density at radius 2 is 1.90 bits per heavy atom. The number of fused-ring (bicyclic) bond motifs is 1. The van der Waals surface area contributed by atoms with Gasteiger partial charge < -0.3 is 11.1 Å². The van der Waals surface area contributed by atoms with E-state index in [9.17, 15) is 9.59 Å². The first-order valence-electron chi connectivity index (χ1n) is 10.7. The monoisotopic (exact) mass is 420 g/mol. The molecule has 8 heteroatoms. The number of pyridine rings is 1. The average Bonchev–Trinajstić information content (AvgIpc) is 3.19. The maximum absolute atomic E-state index is 13.3. The number of hydrogen-bond acceptors (Lipinski definition) is 5. The highest BCUT2D eigenvalue weighted by Crippen LogP contribution is 2.26. The quantitative estimate of drug-likeness (QED) is 0.637. The number of hydrogen-bond donors (Lipinski definition) is 2. The number of nitrogens with one attached hydrogen (secondary N) is 1. The Hall–Kier alpha value is -3.26. The third-order valence-corrected chi connectivity index (χ3v) is 5.67. The molecule has 162 valence electrons. The smallest absolute Gasteiger partial charge is 0.252 e. The number of piperidine rings is 1. The van der Waals surface area contributed by atoms with Crippen LogP contribution in [0.25, 0.3) is 22.3 Å². The van der Waals surface area contributed by atoms with Gasteiger partial charge >= 0.3 is 0 Å². The van der Waals surface area contributed by atoms with Crippen molar-refractivity contribution in [2.45, 2.75) is 38.8 Å². The zero-order valence-corrected chi connectivity index (χ0v) is 17.9. The van der Waals surface area contributed by atoms with E-state index in [2.05, 4.69) is 10.4 Å². The van der Waals surface area contributed by atoms with Crippen molar-refractivity contribution in [1.82, 2.24) is 25.0 Å². The van der Waals surface area contributed by atoms with Crippen molar-refractivity contribution in [3.05, 3.63) is 48.2 Å². The molecule has 1 saturated heterocycles. The number of benzene rings is 1. The van der Waals surface area contributed by atoms with Gasteiger partial charge in [0.15, 0.2) is 5.65 Å². The van der Waals surface area contributed by atoms with Crippen molar-refractivity contribution in [3.63, 3.8) is 0 Å². The van der Waals surface area contributed by atoms with E-state index in [0.717, 1.165) is 42.6 Å². The highest BCUT2D eigenvalue weighted by molar-refractivity contribution is 6.06. The number of carbonyl (C=O) groups excluding carboxylic acids is 2. The number of aromatic nitrogens is 3. The molecule has 3 heterocycles. The lowest BCUT2D eigenvalue weighted by Crippen LogP contribution is -2.46. The summed E-state index contributed by atoms with van der Waals surface area (Å²) in [6, 6.07) is 11.9. The van der Waals surface area contributed by atoms with Crippen molar-refractivity contribution < 1.29 is 9.59 Å². The molecule has 3 aromatic rings. The average molecular weight is 421 g/mol. The molecular formula is C23H28N6O2. The number of nitrogens with two attached hydrogens (primary N) is 1. The second kappa shape index (κ2) is 8.85. The summed E-state index contributed by atoms with van der Waals surface area (Å²) in [6.45, 7) is 5.83. The molecule has 0 unspecified atom stereocenters. The molecule has 0 saturated carbocycles. The van der Waals surface area contributed by atoms with Gasteiger partial charge in [-0.2, -0.15) is 5.10 Å². The SMILES string of the molecule is CC(C)n1ncc2c(C(=O)NC3CCN(CC(N)=O)CC3)cc(-c3ccccc3)nc21. The van der Waals surface area contributed by atoms with Crippen LogP contribution in [-0.4, -0.2) is 57.2 Å². The van der Waals surface area contributed by atoms with Gasteiger partial charge in [-0.3, -0.25) is 14.5 Å². The second-order valence-corrected chi connectivity index (χ2v) is 8.33. The van der Waals surface area contributed by atoms with Gasteiger partial charge in [-0.1, -0.05) is 30.3 Å². The van der Waals surface area contributed by atoms with Crippen LogP contribution in [0.1, 0.15) is 43.1 Å². The fourth-order valence-corrected chi connectivity index (χ4v) is 4.06. The molecule has 31 heavy (non-hydrogen) atoms. The van der Waals surface area contributed by atoms with Crippen LogP contribution < -0.4 is 11.1 Å². The first-order valence-corrected chi connectivity index (χ1v) is 10.7. The van der Waals surface area contributed by atoms with Crippen LogP contribution >= 0.6 is 0 Å². The van der Waals surface area contributed by atoms with E-state index in [0.29, 0.717) is 11.2 Å². The van der Waals surface area contributed by atoms with Crippen LogP contribution in [0.4, 0.5) is 0 Å². The van der Waals surface area contributed by atoms with Crippen molar-refractivity contribution in [2.24, 2.45) is 5.73 Å². The highest BCUT2D eigenvalue weighted by atomic mass is 16.2. The zero-order chi connectivity index (χ0) is 22.0. The predicted molar refractivity (Wildman–Crippen MR) is 119 cm³/mol. The third-order valence-electron chi connectivity index (χ3n) is 5.67. The zero-order valence-electron chi connectivity index (χ0n) is 17.9. The van der Waals surface area contributed by atoms with Gasteiger partial charge in [0.2, 0.25) is 5.91 Å². The summed E-state index contributed by atoms with van der Waals surface area (Å²) < 4.78 is 1.85.